The summed E-state index contributed by atoms with van der Waals surface area (Å²) in [4.78, 5) is 14.3. The fraction of sp³-hybridized carbons (Fsp3) is 0.611. The van der Waals surface area contributed by atoms with Gasteiger partial charge in [0.15, 0.2) is 0 Å². The summed E-state index contributed by atoms with van der Waals surface area (Å²) in [5.41, 5.74) is 1.35. The average molecular weight is 286 g/mol. The number of fused-ring (bicyclic) bond motifs is 1. The van der Waals surface area contributed by atoms with Crippen molar-refractivity contribution in [2.75, 3.05) is 19.6 Å². The highest BCUT2D eigenvalue weighted by molar-refractivity contribution is 5.74. The highest BCUT2D eigenvalue weighted by Gasteiger charge is 2.36. The van der Waals surface area contributed by atoms with Gasteiger partial charge in [-0.05, 0) is 43.1 Å². The molecule has 0 bridgehead atoms. The van der Waals surface area contributed by atoms with Crippen molar-refractivity contribution in [3.63, 3.8) is 0 Å². The number of carbonyl (C=O) groups excluding carboxylic acids is 1. The van der Waals surface area contributed by atoms with E-state index in [1.807, 2.05) is 11.0 Å². The lowest BCUT2D eigenvalue weighted by molar-refractivity contribution is 0.206. The zero-order valence-corrected chi connectivity index (χ0v) is 12.8. The van der Waals surface area contributed by atoms with E-state index < -0.39 is 0 Å². The molecule has 2 aliphatic rings. The van der Waals surface area contributed by atoms with Crippen LogP contribution < -0.4 is 5.32 Å². The number of rotatable bonds is 4. The Bertz CT molecular complexity index is 446. The highest BCUT2D eigenvalue weighted by Crippen LogP contribution is 2.35. The van der Waals surface area contributed by atoms with Gasteiger partial charge < -0.3 is 10.2 Å². The number of hydrogen-bond acceptors (Lipinski definition) is 1. The number of aryl methyl sites for hydroxylation is 1. The number of benzene rings is 1. The molecule has 2 fully saturated rings. The topological polar surface area (TPSA) is 32.3 Å². The molecule has 21 heavy (non-hydrogen) atoms. The molecule has 2 unspecified atom stereocenters. The number of nitrogens with one attached hydrogen (secondary N) is 1. The predicted molar refractivity (Wildman–Crippen MR) is 85.2 cm³/mol. The minimum Gasteiger partial charge on any atom is -0.338 e. The number of likely N-dealkylation sites (tertiary alicyclic amines) is 1. The van der Waals surface area contributed by atoms with Crippen molar-refractivity contribution in [3.05, 3.63) is 35.9 Å². The molecule has 0 spiro atoms. The second-order valence-corrected chi connectivity index (χ2v) is 6.53. The number of hydrogen-bond donors (Lipinski definition) is 1. The van der Waals surface area contributed by atoms with Crippen molar-refractivity contribution in [2.24, 2.45) is 11.8 Å². The largest absolute Gasteiger partial charge is 0.338 e. The molecule has 2 atom stereocenters. The molecule has 0 radical (unpaired) electrons. The van der Waals surface area contributed by atoms with Crippen LogP contribution in [0.15, 0.2) is 30.3 Å². The molecule has 1 aromatic carbocycles. The van der Waals surface area contributed by atoms with Gasteiger partial charge in [-0.15, -0.1) is 0 Å². The van der Waals surface area contributed by atoms with E-state index in [-0.39, 0.29) is 6.03 Å². The van der Waals surface area contributed by atoms with Crippen molar-refractivity contribution in [1.82, 2.24) is 10.2 Å². The van der Waals surface area contributed by atoms with Crippen molar-refractivity contribution in [1.29, 1.82) is 0 Å². The van der Waals surface area contributed by atoms with Crippen LogP contribution in [0.3, 0.4) is 0 Å². The molecule has 1 N–H and O–H groups in total. The molecule has 2 amide bonds. The lowest BCUT2D eigenvalue weighted by Crippen LogP contribution is -2.39. The Morgan fingerprint density at radius 3 is 2.43 bits per heavy atom. The lowest BCUT2D eigenvalue weighted by Gasteiger charge is -2.22. The summed E-state index contributed by atoms with van der Waals surface area (Å²) in [6, 6.07) is 10.6. The zero-order chi connectivity index (χ0) is 14.5. The van der Waals surface area contributed by atoms with Crippen molar-refractivity contribution in [2.45, 2.75) is 38.5 Å². The summed E-state index contributed by atoms with van der Waals surface area (Å²) in [7, 11) is 0. The summed E-state index contributed by atoms with van der Waals surface area (Å²) in [5.74, 6) is 1.54. The van der Waals surface area contributed by atoms with Crippen LogP contribution in [0.4, 0.5) is 4.79 Å². The summed E-state index contributed by atoms with van der Waals surface area (Å²) < 4.78 is 0. The van der Waals surface area contributed by atoms with E-state index >= 15 is 0 Å². The fourth-order valence-electron chi connectivity index (χ4n) is 3.82. The fourth-order valence-corrected chi connectivity index (χ4v) is 3.82. The molecule has 1 saturated heterocycles. The summed E-state index contributed by atoms with van der Waals surface area (Å²) in [6.07, 6.45) is 7.40. The normalized spacial score (nSPS) is 24.7. The number of nitrogens with zero attached hydrogens (tertiary/aromatic N) is 1. The van der Waals surface area contributed by atoms with E-state index in [4.69, 9.17) is 0 Å². The Morgan fingerprint density at radius 1 is 1.10 bits per heavy atom. The Balaban J connectivity index is 1.37. The van der Waals surface area contributed by atoms with E-state index in [0.29, 0.717) is 0 Å². The van der Waals surface area contributed by atoms with Crippen LogP contribution in [-0.4, -0.2) is 30.6 Å². The molecule has 3 heteroatoms. The van der Waals surface area contributed by atoms with Crippen LogP contribution in [0.25, 0.3) is 0 Å². The predicted octanol–water partition coefficient (Wildman–Crippen LogP) is 3.45. The van der Waals surface area contributed by atoms with E-state index in [0.717, 1.165) is 44.3 Å². The first-order valence-corrected chi connectivity index (χ1v) is 8.39. The van der Waals surface area contributed by atoms with Gasteiger partial charge >= 0.3 is 6.03 Å². The first kappa shape index (κ1) is 14.4. The summed E-state index contributed by atoms with van der Waals surface area (Å²) in [5, 5.41) is 3.09. The van der Waals surface area contributed by atoms with E-state index in [9.17, 15) is 4.79 Å². The third-order valence-corrected chi connectivity index (χ3v) is 5.02. The van der Waals surface area contributed by atoms with Crippen LogP contribution in [0, 0.1) is 11.8 Å². The molecule has 3 rings (SSSR count). The average Bonchev–Trinajstić information content (AvgIpc) is 2.96. The third-order valence-electron chi connectivity index (χ3n) is 5.02. The Hall–Kier alpha value is -1.51. The van der Waals surface area contributed by atoms with Gasteiger partial charge in [0.2, 0.25) is 0 Å². The molecule has 1 aliphatic carbocycles. The maximum Gasteiger partial charge on any atom is 0.317 e. The molecule has 114 valence electrons. The Kier molecular flexibility index (Phi) is 4.79. The molecule has 1 saturated carbocycles. The Morgan fingerprint density at radius 2 is 1.76 bits per heavy atom. The lowest BCUT2D eigenvalue weighted by atomic mass is 9.82. The van der Waals surface area contributed by atoms with Crippen LogP contribution in [-0.2, 0) is 6.42 Å². The molecular formula is C18H26N2O. The van der Waals surface area contributed by atoms with E-state index in [1.165, 1.54) is 31.2 Å². The van der Waals surface area contributed by atoms with Gasteiger partial charge in [-0.25, -0.2) is 4.79 Å². The standard InChI is InChI=1S/C18H26N2O/c21-18(19-12-6-9-15-7-2-1-3-8-15)20-13-16-10-4-5-11-17(16)14-20/h1-3,7-8,16-17H,4-6,9-14H2,(H,19,21). The molecule has 1 heterocycles. The monoisotopic (exact) mass is 286 g/mol. The van der Waals surface area contributed by atoms with Crippen LogP contribution >= 0.6 is 0 Å². The smallest absolute Gasteiger partial charge is 0.317 e. The summed E-state index contributed by atoms with van der Waals surface area (Å²) in [6.45, 7) is 2.74. The maximum atomic E-state index is 12.2. The van der Waals surface area contributed by atoms with E-state index in [1.54, 1.807) is 0 Å². The van der Waals surface area contributed by atoms with Crippen molar-refractivity contribution >= 4 is 6.03 Å². The van der Waals surface area contributed by atoms with Gasteiger partial charge in [-0.1, -0.05) is 43.2 Å². The number of carbonyl (C=O) groups is 1. The third kappa shape index (κ3) is 3.78. The van der Waals surface area contributed by atoms with Gasteiger partial charge in [0.25, 0.3) is 0 Å². The summed E-state index contributed by atoms with van der Waals surface area (Å²) >= 11 is 0. The van der Waals surface area contributed by atoms with Gasteiger partial charge in [0, 0.05) is 19.6 Å². The number of amides is 2. The number of urea groups is 1. The zero-order valence-electron chi connectivity index (χ0n) is 12.8. The molecule has 3 nitrogen and oxygen atoms in total. The first-order chi connectivity index (χ1) is 10.3. The molecule has 1 aliphatic heterocycles. The minimum atomic E-state index is 0.150. The Labute approximate surface area is 127 Å². The van der Waals surface area contributed by atoms with Crippen molar-refractivity contribution in [3.8, 4) is 0 Å². The second kappa shape index (κ2) is 6.97. The second-order valence-electron chi connectivity index (χ2n) is 6.53. The quantitative estimate of drug-likeness (QED) is 0.845. The van der Waals surface area contributed by atoms with Gasteiger partial charge in [0.1, 0.15) is 0 Å². The SMILES string of the molecule is O=C(NCCCc1ccccc1)N1CC2CCCCC2C1. The molecule has 1 aromatic rings. The van der Waals surface area contributed by atoms with Gasteiger partial charge in [-0.2, -0.15) is 0 Å². The molecule has 0 aromatic heterocycles. The van der Waals surface area contributed by atoms with Crippen LogP contribution in [0.5, 0.6) is 0 Å². The minimum absolute atomic E-state index is 0.150. The van der Waals surface area contributed by atoms with E-state index in [2.05, 4.69) is 29.6 Å². The highest BCUT2D eigenvalue weighted by atomic mass is 16.2. The molecular weight excluding hydrogens is 260 g/mol. The van der Waals surface area contributed by atoms with Crippen LogP contribution in [0.1, 0.15) is 37.7 Å². The van der Waals surface area contributed by atoms with Gasteiger partial charge in [0.05, 0.1) is 0 Å². The first-order valence-electron chi connectivity index (χ1n) is 8.39. The maximum absolute atomic E-state index is 12.2. The van der Waals surface area contributed by atoms with Crippen LogP contribution in [0.2, 0.25) is 0 Å². The van der Waals surface area contributed by atoms with Gasteiger partial charge in [-0.3, -0.25) is 0 Å². The van der Waals surface area contributed by atoms with Crippen molar-refractivity contribution < 1.29 is 4.79 Å².